The molecule has 0 saturated carbocycles. The normalized spacial score (nSPS) is 19.1. The van der Waals surface area contributed by atoms with Gasteiger partial charge in [-0.2, -0.15) is 0 Å². The molecule has 1 fully saturated rings. The molecule has 1 saturated heterocycles. The van der Waals surface area contributed by atoms with Crippen LogP contribution in [0.3, 0.4) is 0 Å². The zero-order valence-electron chi connectivity index (χ0n) is 15.9. The lowest BCUT2D eigenvalue weighted by molar-refractivity contribution is 0.317. The molecule has 0 N–H and O–H groups in total. The number of likely N-dealkylation sites (tertiary alicyclic amines) is 1. The Morgan fingerprint density at radius 1 is 0.889 bits per heavy atom. The monoisotopic (exact) mass is 351 g/mol. The van der Waals surface area contributed by atoms with E-state index in [1.54, 1.807) is 5.57 Å². The van der Waals surface area contributed by atoms with E-state index >= 15 is 0 Å². The minimum absolute atomic E-state index is 0.638. The number of hydrogen-bond acceptors (Lipinski definition) is 1. The number of hydrogen-bond donors (Lipinski definition) is 0. The van der Waals surface area contributed by atoms with Crippen LogP contribution < -0.4 is 0 Å². The largest absolute Gasteiger partial charge is 0.295 e. The Morgan fingerprint density at radius 2 is 1.63 bits per heavy atom. The third kappa shape index (κ3) is 3.13. The first-order valence-corrected chi connectivity index (χ1v) is 9.92. The zero-order chi connectivity index (χ0) is 18.2. The van der Waals surface area contributed by atoms with Crippen LogP contribution in [0, 0.1) is 12.8 Å². The van der Waals surface area contributed by atoms with Crippen molar-refractivity contribution >= 4 is 5.57 Å². The van der Waals surface area contributed by atoms with Gasteiger partial charge in [0.15, 0.2) is 0 Å². The molecule has 0 amide bonds. The number of rotatable bonds is 3. The second-order valence-corrected chi connectivity index (χ2v) is 7.98. The summed E-state index contributed by atoms with van der Waals surface area (Å²) in [4.78, 5) is 2.62. The molecule has 3 aromatic carbocycles. The first kappa shape index (κ1) is 16.5. The fourth-order valence-electron chi connectivity index (χ4n) is 4.77. The van der Waals surface area contributed by atoms with Crippen molar-refractivity contribution in [1.29, 1.82) is 0 Å². The number of fused-ring (bicyclic) bond motifs is 2. The van der Waals surface area contributed by atoms with E-state index in [4.69, 9.17) is 0 Å². The standard InChI is InChI=1S/C26H25N/c1-19-12-13-22-15-23-17-27(16-20-8-4-2-5-9-20)18-25(23)26(24(22)14-19)21-10-6-3-7-11-21/h2-14,23H,15-18H2,1H3. The van der Waals surface area contributed by atoms with Crippen molar-refractivity contribution < 1.29 is 0 Å². The summed E-state index contributed by atoms with van der Waals surface area (Å²) >= 11 is 0. The van der Waals surface area contributed by atoms with Gasteiger partial charge in [0.25, 0.3) is 0 Å². The Labute approximate surface area is 162 Å². The molecule has 3 aromatic rings. The molecular formula is C26H25N. The summed E-state index contributed by atoms with van der Waals surface area (Å²) in [5.74, 6) is 0.638. The Kier molecular flexibility index (Phi) is 4.18. The molecule has 0 radical (unpaired) electrons. The summed E-state index contributed by atoms with van der Waals surface area (Å²) in [6.45, 7) is 5.49. The van der Waals surface area contributed by atoms with Crippen LogP contribution in [-0.4, -0.2) is 18.0 Å². The first-order valence-electron chi connectivity index (χ1n) is 9.92. The van der Waals surface area contributed by atoms with Crippen LogP contribution in [-0.2, 0) is 13.0 Å². The second-order valence-electron chi connectivity index (χ2n) is 7.98. The van der Waals surface area contributed by atoms with Crippen LogP contribution in [0.1, 0.15) is 27.8 Å². The summed E-state index contributed by atoms with van der Waals surface area (Å²) in [6.07, 6.45) is 1.17. The Balaban J connectivity index is 1.57. The van der Waals surface area contributed by atoms with Gasteiger partial charge in [-0.05, 0) is 52.7 Å². The third-order valence-electron chi connectivity index (χ3n) is 6.00. The highest BCUT2D eigenvalue weighted by Gasteiger charge is 2.34. The molecule has 0 aromatic heterocycles. The number of nitrogens with zero attached hydrogens (tertiary/aromatic N) is 1. The molecule has 1 nitrogen and oxygen atoms in total. The molecule has 5 rings (SSSR count). The van der Waals surface area contributed by atoms with Crippen molar-refractivity contribution in [2.45, 2.75) is 19.9 Å². The number of benzene rings is 3. The van der Waals surface area contributed by atoms with E-state index < -0.39 is 0 Å². The maximum Gasteiger partial charge on any atom is 0.0237 e. The van der Waals surface area contributed by atoms with Gasteiger partial charge in [0.05, 0.1) is 0 Å². The third-order valence-corrected chi connectivity index (χ3v) is 6.00. The van der Waals surface area contributed by atoms with Crippen molar-refractivity contribution in [3.8, 4) is 0 Å². The molecule has 1 atom stereocenters. The molecule has 134 valence electrons. The molecule has 1 aliphatic carbocycles. The van der Waals surface area contributed by atoms with Crippen molar-refractivity contribution in [1.82, 2.24) is 4.90 Å². The van der Waals surface area contributed by atoms with Gasteiger partial charge in [-0.25, -0.2) is 0 Å². The van der Waals surface area contributed by atoms with E-state index in [0.717, 1.165) is 19.6 Å². The SMILES string of the molecule is Cc1ccc2c(c1)C(c1ccccc1)=C1CN(Cc3ccccc3)CC1C2. The van der Waals surface area contributed by atoms with E-state index in [1.807, 2.05) is 0 Å². The quantitative estimate of drug-likeness (QED) is 0.603. The summed E-state index contributed by atoms with van der Waals surface area (Å²) in [5, 5.41) is 0. The van der Waals surface area contributed by atoms with Crippen LogP contribution in [0.4, 0.5) is 0 Å². The Hall–Kier alpha value is -2.64. The van der Waals surface area contributed by atoms with Crippen LogP contribution in [0.15, 0.2) is 84.4 Å². The molecule has 27 heavy (non-hydrogen) atoms. The fourth-order valence-corrected chi connectivity index (χ4v) is 4.77. The lowest BCUT2D eigenvalue weighted by Gasteiger charge is -2.26. The van der Waals surface area contributed by atoms with Gasteiger partial charge in [-0.15, -0.1) is 0 Å². The van der Waals surface area contributed by atoms with Crippen molar-refractivity contribution in [2.24, 2.45) is 5.92 Å². The highest BCUT2D eigenvalue weighted by Crippen LogP contribution is 2.42. The van der Waals surface area contributed by atoms with Gasteiger partial charge >= 0.3 is 0 Å². The van der Waals surface area contributed by atoms with Gasteiger partial charge in [-0.1, -0.05) is 84.4 Å². The molecule has 1 heterocycles. The van der Waals surface area contributed by atoms with Crippen molar-refractivity contribution in [2.75, 3.05) is 13.1 Å². The summed E-state index contributed by atoms with van der Waals surface area (Å²) < 4.78 is 0. The van der Waals surface area contributed by atoms with E-state index in [1.165, 1.54) is 39.8 Å². The molecule has 0 bridgehead atoms. The predicted molar refractivity (Wildman–Crippen MR) is 113 cm³/mol. The average molecular weight is 351 g/mol. The minimum Gasteiger partial charge on any atom is -0.295 e. The molecule has 1 aliphatic heterocycles. The Morgan fingerprint density at radius 3 is 2.41 bits per heavy atom. The van der Waals surface area contributed by atoms with Gasteiger partial charge in [-0.3, -0.25) is 4.90 Å². The molecule has 1 heteroatoms. The second kappa shape index (κ2) is 6.83. The first-order chi connectivity index (χ1) is 13.3. The molecular weight excluding hydrogens is 326 g/mol. The molecule has 1 unspecified atom stereocenters. The van der Waals surface area contributed by atoms with Crippen molar-refractivity contribution in [3.05, 3.63) is 112 Å². The topological polar surface area (TPSA) is 3.24 Å². The number of aryl methyl sites for hydroxylation is 1. The highest BCUT2D eigenvalue weighted by atomic mass is 15.1. The zero-order valence-corrected chi connectivity index (χ0v) is 15.9. The van der Waals surface area contributed by atoms with Gasteiger partial charge in [0, 0.05) is 19.6 Å². The highest BCUT2D eigenvalue weighted by molar-refractivity contribution is 5.86. The Bertz CT molecular complexity index is 985. The van der Waals surface area contributed by atoms with Crippen LogP contribution in [0.2, 0.25) is 0 Å². The summed E-state index contributed by atoms with van der Waals surface area (Å²) in [7, 11) is 0. The van der Waals surface area contributed by atoms with E-state index in [-0.39, 0.29) is 0 Å². The van der Waals surface area contributed by atoms with Crippen LogP contribution in [0.5, 0.6) is 0 Å². The van der Waals surface area contributed by atoms with E-state index in [2.05, 4.69) is 90.7 Å². The van der Waals surface area contributed by atoms with E-state index in [9.17, 15) is 0 Å². The van der Waals surface area contributed by atoms with Gasteiger partial charge in [0.1, 0.15) is 0 Å². The smallest absolute Gasteiger partial charge is 0.0237 e. The van der Waals surface area contributed by atoms with Gasteiger partial charge in [0.2, 0.25) is 0 Å². The summed E-state index contributed by atoms with van der Waals surface area (Å²) in [6, 6.07) is 28.9. The lowest BCUT2D eigenvalue weighted by Crippen LogP contribution is -2.20. The molecule has 0 spiro atoms. The minimum atomic E-state index is 0.638. The van der Waals surface area contributed by atoms with Crippen LogP contribution >= 0.6 is 0 Å². The van der Waals surface area contributed by atoms with Crippen LogP contribution in [0.25, 0.3) is 5.57 Å². The van der Waals surface area contributed by atoms with Gasteiger partial charge < -0.3 is 0 Å². The maximum absolute atomic E-state index is 2.62. The summed E-state index contributed by atoms with van der Waals surface area (Å²) in [5.41, 5.74) is 10.2. The lowest BCUT2D eigenvalue weighted by atomic mass is 9.77. The predicted octanol–water partition coefficient (Wildman–Crippen LogP) is 5.49. The maximum atomic E-state index is 2.62. The fraction of sp³-hybridized carbons (Fsp3) is 0.231. The molecule has 2 aliphatic rings. The van der Waals surface area contributed by atoms with Crippen molar-refractivity contribution in [3.63, 3.8) is 0 Å². The average Bonchev–Trinajstić information content (AvgIpc) is 3.09. The van der Waals surface area contributed by atoms with E-state index in [0.29, 0.717) is 5.92 Å².